The predicted octanol–water partition coefficient (Wildman–Crippen LogP) is 2.05. The van der Waals surface area contributed by atoms with Gasteiger partial charge in [-0.1, -0.05) is 0 Å². The van der Waals surface area contributed by atoms with Crippen LogP contribution >= 0.6 is 15.9 Å². The number of rotatable bonds is 2. The lowest BCUT2D eigenvalue weighted by molar-refractivity contribution is 0.0882. The van der Waals surface area contributed by atoms with Gasteiger partial charge in [0.05, 0.1) is 13.3 Å². The predicted molar refractivity (Wildman–Crippen MR) is 53.9 cm³/mol. The van der Waals surface area contributed by atoms with Gasteiger partial charge in [-0.2, -0.15) is 0 Å². The van der Waals surface area contributed by atoms with Gasteiger partial charge in [-0.15, -0.1) is 0 Å². The largest absolute Gasteiger partial charge is 0.495 e. The second-order valence-corrected chi connectivity index (χ2v) is 4.41. The molecule has 0 spiro atoms. The summed E-state index contributed by atoms with van der Waals surface area (Å²) < 4.78 is 31.7. The fourth-order valence-electron chi connectivity index (χ4n) is 1.58. The molecular weight excluding hydrogens is 270 g/mol. The molecule has 1 unspecified atom stereocenters. The van der Waals surface area contributed by atoms with Crippen LogP contribution in [0.5, 0.6) is 5.75 Å². The number of nitrogens with zero attached hydrogens (tertiary/aromatic N) is 1. The maximum Gasteiger partial charge on any atom is 0.272 e. The number of aromatic nitrogens is 1. The monoisotopic (exact) mass is 278 g/mol. The molecule has 1 atom stereocenters. The van der Waals surface area contributed by atoms with Gasteiger partial charge >= 0.3 is 0 Å². The minimum absolute atomic E-state index is 0.282. The van der Waals surface area contributed by atoms with Gasteiger partial charge in [0.15, 0.2) is 0 Å². The maximum absolute atomic E-state index is 13.1. The summed E-state index contributed by atoms with van der Waals surface area (Å²) in [5, 5.41) is 0. The molecule has 1 fully saturated rings. The van der Waals surface area contributed by atoms with Crippen molar-refractivity contribution in [2.24, 2.45) is 5.73 Å². The van der Waals surface area contributed by atoms with Gasteiger partial charge in [0.2, 0.25) is 0 Å². The molecule has 1 aliphatic rings. The van der Waals surface area contributed by atoms with Crippen LogP contribution in [-0.4, -0.2) is 18.0 Å². The molecule has 0 saturated heterocycles. The molecule has 15 heavy (non-hydrogen) atoms. The van der Waals surface area contributed by atoms with E-state index in [0.717, 1.165) is 0 Å². The second-order valence-electron chi connectivity index (χ2n) is 3.55. The van der Waals surface area contributed by atoms with Gasteiger partial charge in [-0.05, 0) is 15.9 Å². The first kappa shape index (κ1) is 10.8. The number of nitrogens with two attached hydrogens (primary N) is 1. The normalized spacial score (nSPS) is 27.5. The summed E-state index contributed by atoms with van der Waals surface area (Å²) >= 11 is 3.16. The van der Waals surface area contributed by atoms with Gasteiger partial charge in [0.25, 0.3) is 5.92 Å². The van der Waals surface area contributed by atoms with Crippen molar-refractivity contribution in [3.63, 3.8) is 0 Å². The average Bonchev–Trinajstić information content (AvgIpc) is 2.65. The number of hydrogen-bond donors (Lipinski definition) is 1. The zero-order valence-corrected chi connectivity index (χ0v) is 9.51. The van der Waals surface area contributed by atoms with E-state index in [4.69, 9.17) is 10.5 Å². The van der Waals surface area contributed by atoms with Gasteiger partial charge < -0.3 is 10.5 Å². The molecule has 1 aliphatic carbocycles. The number of pyridine rings is 1. The molecule has 2 rings (SSSR count). The van der Waals surface area contributed by atoms with Crippen molar-refractivity contribution in [2.45, 2.75) is 17.9 Å². The molecule has 2 N–H and O–H groups in total. The molecule has 82 valence electrons. The minimum atomic E-state index is -2.87. The lowest BCUT2D eigenvalue weighted by atomic mass is 10.1. The molecule has 0 amide bonds. The van der Waals surface area contributed by atoms with Crippen molar-refractivity contribution < 1.29 is 13.5 Å². The zero-order valence-electron chi connectivity index (χ0n) is 7.93. The van der Waals surface area contributed by atoms with Crippen molar-refractivity contribution in [1.82, 2.24) is 4.98 Å². The fraction of sp³-hybridized carbons (Fsp3) is 0.444. The third-order valence-electron chi connectivity index (χ3n) is 2.56. The van der Waals surface area contributed by atoms with E-state index in [1.54, 1.807) is 0 Å². The van der Waals surface area contributed by atoms with E-state index < -0.39 is 11.5 Å². The first-order valence-corrected chi connectivity index (χ1v) is 5.06. The summed E-state index contributed by atoms with van der Waals surface area (Å²) in [6.45, 7) is 0. The van der Waals surface area contributed by atoms with Crippen molar-refractivity contribution in [3.05, 3.63) is 22.4 Å². The first-order chi connectivity index (χ1) is 6.92. The highest BCUT2D eigenvalue weighted by Gasteiger charge is 2.71. The molecule has 0 aliphatic heterocycles. The van der Waals surface area contributed by atoms with Gasteiger partial charge in [-0.3, -0.25) is 4.98 Å². The lowest BCUT2D eigenvalue weighted by Crippen LogP contribution is -2.28. The van der Waals surface area contributed by atoms with Crippen molar-refractivity contribution in [3.8, 4) is 5.75 Å². The Hall–Kier alpha value is -0.750. The topological polar surface area (TPSA) is 48.1 Å². The molecule has 1 aromatic rings. The number of methoxy groups -OCH3 is 1. The highest BCUT2D eigenvalue weighted by Crippen LogP contribution is 2.60. The van der Waals surface area contributed by atoms with Gasteiger partial charge in [0, 0.05) is 22.7 Å². The minimum Gasteiger partial charge on any atom is -0.495 e. The summed E-state index contributed by atoms with van der Waals surface area (Å²) in [5.74, 6) is -2.59. The quantitative estimate of drug-likeness (QED) is 0.901. The molecule has 3 nitrogen and oxygen atoms in total. The Bertz CT molecular complexity index is 413. The standard InChI is InChI=1S/C9H9BrF2N2O/c1-15-6-3-14-2-5(10)7(6)8(13)4-9(8,11)12/h2-3H,4,13H2,1H3. The molecule has 0 bridgehead atoms. The molecule has 1 aromatic heterocycles. The Kier molecular flexibility index (Phi) is 2.24. The molecule has 6 heteroatoms. The van der Waals surface area contributed by atoms with E-state index in [0.29, 0.717) is 4.47 Å². The summed E-state index contributed by atoms with van der Waals surface area (Å²) in [6, 6.07) is 0. The SMILES string of the molecule is COc1cncc(Br)c1C1(N)CC1(F)F. The van der Waals surface area contributed by atoms with E-state index in [2.05, 4.69) is 20.9 Å². The molecule has 1 saturated carbocycles. The third-order valence-corrected chi connectivity index (χ3v) is 3.16. The molecule has 1 heterocycles. The molecule has 0 radical (unpaired) electrons. The van der Waals surface area contributed by atoms with Crippen LogP contribution < -0.4 is 10.5 Å². The molecular formula is C9H9BrF2N2O. The summed E-state index contributed by atoms with van der Waals surface area (Å²) in [4.78, 5) is 3.83. The number of ether oxygens (including phenoxy) is 1. The number of halogens is 3. The highest BCUT2D eigenvalue weighted by molar-refractivity contribution is 9.10. The first-order valence-electron chi connectivity index (χ1n) is 4.27. The Morgan fingerprint density at radius 2 is 2.13 bits per heavy atom. The Labute approximate surface area is 93.8 Å². The summed E-state index contributed by atoms with van der Waals surface area (Å²) in [6.07, 6.45) is 2.45. The van der Waals surface area contributed by atoms with Crippen LogP contribution in [-0.2, 0) is 5.54 Å². The average molecular weight is 279 g/mol. The second kappa shape index (κ2) is 3.12. The summed E-state index contributed by atoms with van der Waals surface area (Å²) in [7, 11) is 1.40. The zero-order chi connectivity index (χ0) is 11.3. The summed E-state index contributed by atoms with van der Waals surface area (Å²) in [5.41, 5.74) is 4.29. The van der Waals surface area contributed by atoms with E-state index in [9.17, 15) is 8.78 Å². The van der Waals surface area contributed by atoms with Crippen LogP contribution in [0.3, 0.4) is 0 Å². The fourth-order valence-corrected chi connectivity index (χ4v) is 2.25. The van der Waals surface area contributed by atoms with Crippen molar-refractivity contribution in [1.29, 1.82) is 0 Å². The van der Waals surface area contributed by atoms with Crippen LogP contribution in [0.1, 0.15) is 12.0 Å². The van der Waals surface area contributed by atoms with Crippen LogP contribution in [0, 0.1) is 0 Å². The molecule has 0 aromatic carbocycles. The highest BCUT2D eigenvalue weighted by atomic mass is 79.9. The number of alkyl halides is 2. The van der Waals surface area contributed by atoms with Crippen LogP contribution in [0.2, 0.25) is 0 Å². The van der Waals surface area contributed by atoms with E-state index in [1.165, 1.54) is 19.5 Å². The van der Waals surface area contributed by atoms with E-state index >= 15 is 0 Å². The Morgan fingerprint density at radius 3 is 2.60 bits per heavy atom. The van der Waals surface area contributed by atoms with E-state index in [1.807, 2.05) is 0 Å². The van der Waals surface area contributed by atoms with Gasteiger partial charge in [-0.25, -0.2) is 8.78 Å². The Morgan fingerprint density at radius 1 is 1.53 bits per heavy atom. The van der Waals surface area contributed by atoms with Crippen LogP contribution in [0.25, 0.3) is 0 Å². The van der Waals surface area contributed by atoms with Crippen LogP contribution in [0.15, 0.2) is 16.9 Å². The van der Waals surface area contributed by atoms with Gasteiger partial charge in [0.1, 0.15) is 11.3 Å². The lowest BCUT2D eigenvalue weighted by Gasteiger charge is -2.16. The smallest absolute Gasteiger partial charge is 0.272 e. The van der Waals surface area contributed by atoms with Crippen LogP contribution in [0.4, 0.5) is 8.78 Å². The number of hydrogen-bond acceptors (Lipinski definition) is 3. The van der Waals surface area contributed by atoms with E-state index in [-0.39, 0.29) is 17.7 Å². The third kappa shape index (κ3) is 1.43. The van der Waals surface area contributed by atoms with Crippen molar-refractivity contribution >= 4 is 15.9 Å². The Balaban J connectivity index is 2.54. The van der Waals surface area contributed by atoms with Crippen molar-refractivity contribution in [2.75, 3.05) is 7.11 Å². The maximum atomic E-state index is 13.1.